The van der Waals surface area contributed by atoms with Crippen molar-refractivity contribution >= 4 is 17.3 Å². The summed E-state index contributed by atoms with van der Waals surface area (Å²) in [4.78, 5) is 18.2. The molecule has 0 bridgehead atoms. The number of aryl methyl sites for hydroxylation is 1. The van der Waals surface area contributed by atoms with Crippen molar-refractivity contribution in [3.05, 3.63) is 138 Å². The van der Waals surface area contributed by atoms with Crippen LogP contribution in [0.5, 0.6) is 5.75 Å². The van der Waals surface area contributed by atoms with Gasteiger partial charge in [0.1, 0.15) is 18.5 Å². The molecule has 1 amide bonds. The zero-order valence-corrected chi connectivity index (χ0v) is 19.8. The fraction of sp³-hybridized carbons (Fsp3) is 0.129. The van der Waals surface area contributed by atoms with Crippen molar-refractivity contribution in [2.45, 2.75) is 19.6 Å². The molecule has 1 aliphatic rings. The number of hydrogen-bond donors (Lipinski definition) is 0. The monoisotopic (exact) mass is 460 g/mol. The summed E-state index contributed by atoms with van der Waals surface area (Å²) in [7, 11) is 0. The van der Waals surface area contributed by atoms with Crippen molar-refractivity contribution in [1.82, 2.24) is 0 Å². The highest BCUT2D eigenvalue weighted by atomic mass is 16.5. The zero-order valence-electron chi connectivity index (χ0n) is 19.8. The number of rotatable bonds is 7. The van der Waals surface area contributed by atoms with Crippen LogP contribution in [0.15, 0.2) is 116 Å². The predicted molar refractivity (Wildman–Crippen MR) is 142 cm³/mol. The highest BCUT2D eigenvalue weighted by Gasteiger charge is 2.39. The van der Waals surface area contributed by atoms with Crippen LogP contribution in [-0.2, 0) is 6.54 Å². The van der Waals surface area contributed by atoms with Crippen LogP contribution in [-0.4, -0.2) is 12.5 Å². The predicted octanol–water partition coefficient (Wildman–Crippen LogP) is 6.93. The summed E-state index contributed by atoms with van der Waals surface area (Å²) in [5, 5.41) is 0. The molecule has 4 aromatic rings. The minimum atomic E-state index is -0.354. The van der Waals surface area contributed by atoms with Crippen LogP contribution in [0, 0.1) is 6.92 Å². The van der Waals surface area contributed by atoms with Gasteiger partial charge < -0.3 is 9.64 Å². The van der Waals surface area contributed by atoms with Gasteiger partial charge in [-0.15, -0.1) is 0 Å². The molecule has 0 saturated heterocycles. The normalized spacial score (nSPS) is 15.0. The maximum atomic E-state index is 14.0. The third-order valence-corrected chi connectivity index (χ3v) is 6.23. The van der Waals surface area contributed by atoms with Crippen LogP contribution in [0.25, 0.3) is 0 Å². The maximum Gasteiger partial charge on any atom is 0.262 e. The largest absolute Gasteiger partial charge is 0.490 e. The van der Waals surface area contributed by atoms with E-state index in [1.807, 2.05) is 89.8 Å². The minimum Gasteiger partial charge on any atom is -0.490 e. The number of amides is 1. The van der Waals surface area contributed by atoms with E-state index in [2.05, 4.69) is 36.6 Å². The van der Waals surface area contributed by atoms with E-state index in [0.29, 0.717) is 18.7 Å². The number of carbonyl (C=O) groups is 1. The first kappa shape index (κ1) is 22.5. The Bertz CT molecular complexity index is 1330. The number of hydrogen-bond acceptors (Lipinski definition) is 3. The Labute approximate surface area is 206 Å². The number of ether oxygens (including phenoxy) is 1. The molecule has 0 aromatic heterocycles. The summed E-state index contributed by atoms with van der Waals surface area (Å²) in [6.07, 6.45) is 1.38. The third kappa shape index (κ3) is 4.56. The van der Waals surface area contributed by atoms with E-state index in [-0.39, 0.29) is 12.1 Å². The van der Waals surface area contributed by atoms with Gasteiger partial charge in [0.25, 0.3) is 5.91 Å². The van der Waals surface area contributed by atoms with E-state index in [0.717, 1.165) is 28.3 Å². The van der Waals surface area contributed by atoms with Gasteiger partial charge >= 0.3 is 0 Å². The van der Waals surface area contributed by atoms with E-state index in [1.54, 1.807) is 6.08 Å². The molecule has 35 heavy (non-hydrogen) atoms. The molecule has 0 radical (unpaired) electrons. The van der Waals surface area contributed by atoms with Crippen molar-refractivity contribution in [2.75, 3.05) is 16.4 Å². The molecule has 5 rings (SSSR count). The lowest BCUT2D eigenvalue weighted by Gasteiger charge is -2.46. The zero-order chi connectivity index (χ0) is 24.2. The van der Waals surface area contributed by atoms with E-state index >= 15 is 0 Å². The molecular weight excluding hydrogens is 432 g/mol. The number of para-hydroxylation sites is 1. The third-order valence-electron chi connectivity index (χ3n) is 6.23. The molecule has 0 saturated carbocycles. The number of benzene rings is 4. The summed E-state index contributed by atoms with van der Waals surface area (Å²) in [5.74, 6) is 0.730. The van der Waals surface area contributed by atoms with Crippen molar-refractivity contribution in [2.24, 2.45) is 0 Å². The van der Waals surface area contributed by atoms with Crippen molar-refractivity contribution in [3.8, 4) is 5.75 Å². The molecule has 4 aromatic carbocycles. The summed E-state index contributed by atoms with van der Waals surface area (Å²) >= 11 is 0. The lowest BCUT2D eigenvalue weighted by atomic mass is 9.98. The van der Waals surface area contributed by atoms with E-state index in [4.69, 9.17) is 4.74 Å². The second-order valence-electron chi connectivity index (χ2n) is 8.69. The molecule has 0 fully saturated rings. The average Bonchev–Trinajstić information content (AvgIpc) is 2.90. The first-order valence-corrected chi connectivity index (χ1v) is 11.8. The first-order valence-electron chi connectivity index (χ1n) is 11.8. The Morgan fingerprint density at radius 2 is 1.63 bits per heavy atom. The van der Waals surface area contributed by atoms with Gasteiger partial charge in [0.05, 0.1) is 11.3 Å². The lowest BCUT2D eigenvalue weighted by molar-refractivity contribution is 0.0968. The van der Waals surface area contributed by atoms with Crippen LogP contribution in [0.2, 0.25) is 0 Å². The van der Waals surface area contributed by atoms with Crippen molar-refractivity contribution < 1.29 is 9.53 Å². The van der Waals surface area contributed by atoms with E-state index in [9.17, 15) is 4.79 Å². The molecular formula is C31H28N2O2. The molecule has 4 heteroatoms. The van der Waals surface area contributed by atoms with E-state index < -0.39 is 0 Å². The van der Waals surface area contributed by atoms with E-state index in [1.165, 1.54) is 5.56 Å². The molecule has 1 heterocycles. The summed E-state index contributed by atoms with van der Waals surface area (Å²) in [6, 6.07) is 34.4. The quantitative estimate of drug-likeness (QED) is 0.281. The Balaban J connectivity index is 1.70. The number of nitrogens with zero attached hydrogens (tertiary/aromatic N) is 2. The van der Waals surface area contributed by atoms with Crippen LogP contribution in [0.4, 0.5) is 11.4 Å². The molecule has 1 atom stereocenters. The van der Waals surface area contributed by atoms with Crippen LogP contribution >= 0.6 is 0 Å². The fourth-order valence-corrected chi connectivity index (χ4v) is 4.58. The number of fused-ring (bicyclic) bond motifs is 1. The van der Waals surface area contributed by atoms with Crippen LogP contribution < -0.4 is 14.5 Å². The Kier molecular flexibility index (Phi) is 6.36. The second-order valence-corrected chi connectivity index (χ2v) is 8.69. The van der Waals surface area contributed by atoms with Crippen molar-refractivity contribution in [3.63, 3.8) is 0 Å². The molecule has 174 valence electrons. The van der Waals surface area contributed by atoms with Gasteiger partial charge in [-0.3, -0.25) is 9.69 Å². The molecule has 0 N–H and O–H groups in total. The van der Waals surface area contributed by atoms with Gasteiger partial charge in [-0.05, 0) is 54.4 Å². The molecule has 4 nitrogen and oxygen atoms in total. The van der Waals surface area contributed by atoms with Gasteiger partial charge in [0.15, 0.2) is 0 Å². The Morgan fingerprint density at radius 3 is 2.40 bits per heavy atom. The highest BCUT2D eigenvalue weighted by Crippen LogP contribution is 2.42. The first-order chi connectivity index (χ1) is 17.2. The van der Waals surface area contributed by atoms with Crippen LogP contribution in [0.3, 0.4) is 0 Å². The smallest absolute Gasteiger partial charge is 0.262 e. The topological polar surface area (TPSA) is 32.8 Å². The standard InChI is InChI=1S/C31H28N2O2/c1-3-20-35-27-13-9-12-25(21-27)30-32(22-24-10-5-4-6-11-24)29-15-8-7-14-28(29)31(34)33(30)26-18-16-23(2)17-19-26/h3-19,21,30H,1,20,22H2,2H3/t30-/m0/s1. The van der Waals surface area contributed by atoms with Gasteiger partial charge in [-0.25, -0.2) is 0 Å². The van der Waals surface area contributed by atoms with Gasteiger partial charge in [-0.1, -0.05) is 84.9 Å². The summed E-state index contributed by atoms with van der Waals surface area (Å²) in [5.41, 5.74) is 5.77. The Hall–Kier alpha value is -4.31. The SMILES string of the molecule is C=CCOc1cccc([C@H]2N(Cc3ccccc3)c3ccccc3C(=O)N2c2ccc(C)cc2)c1. The van der Waals surface area contributed by atoms with Gasteiger partial charge in [-0.2, -0.15) is 0 Å². The fourth-order valence-electron chi connectivity index (χ4n) is 4.58. The summed E-state index contributed by atoms with van der Waals surface area (Å²) in [6.45, 7) is 6.88. The molecule has 1 aliphatic heterocycles. The van der Waals surface area contributed by atoms with Crippen LogP contribution in [0.1, 0.15) is 33.2 Å². The number of anilines is 2. The molecule has 0 aliphatic carbocycles. The molecule has 0 unspecified atom stereocenters. The van der Waals surface area contributed by atoms with Gasteiger partial charge in [0.2, 0.25) is 0 Å². The summed E-state index contributed by atoms with van der Waals surface area (Å²) < 4.78 is 5.85. The lowest BCUT2D eigenvalue weighted by Crippen LogP contribution is -2.49. The second kappa shape index (κ2) is 9.90. The molecule has 0 spiro atoms. The average molecular weight is 461 g/mol. The highest BCUT2D eigenvalue weighted by molar-refractivity contribution is 6.12. The van der Waals surface area contributed by atoms with Gasteiger partial charge in [0, 0.05) is 12.2 Å². The maximum absolute atomic E-state index is 14.0. The van der Waals surface area contributed by atoms with Crippen molar-refractivity contribution in [1.29, 1.82) is 0 Å². The minimum absolute atomic E-state index is 0.0174. The number of carbonyl (C=O) groups excluding carboxylic acids is 1. The Morgan fingerprint density at radius 1 is 0.886 bits per heavy atom.